The van der Waals surface area contributed by atoms with Crippen molar-refractivity contribution in [3.8, 4) is 0 Å². The fourth-order valence-corrected chi connectivity index (χ4v) is 2.99. The van der Waals surface area contributed by atoms with Crippen LogP contribution in [0.5, 0.6) is 0 Å². The molecular formula is C17H23N3O4. The van der Waals surface area contributed by atoms with E-state index in [2.05, 4.69) is 5.32 Å². The number of nitrogens with one attached hydrogen (secondary N) is 2. The molecule has 0 radical (unpaired) electrons. The lowest BCUT2D eigenvalue weighted by atomic mass is 9.79. The van der Waals surface area contributed by atoms with Crippen LogP contribution >= 0.6 is 0 Å². The molecule has 4 N–H and O–H groups in total. The van der Waals surface area contributed by atoms with Gasteiger partial charge in [-0.2, -0.15) is 0 Å². The standard InChI is InChI=1S/C17H23N3O4/c1-11(21)24-10-12-2-4-13(5-3-12)14-6-8-15(9-7-14)19-16(22)17(23)20-18/h6-9,12-13H,2-5,10,18H2,1H3,(H,19,22)(H,20,23)/t12-,13-. The Balaban J connectivity index is 1.85. The number of rotatable bonds is 4. The summed E-state index contributed by atoms with van der Waals surface area (Å²) in [7, 11) is 0. The van der Waals surface area contributed by atoms with Crippen molar-refractivity contribution in [1.82, 2.24) is 5.43 Å². The summed E-state index contributed by atoms with van der Waals surface area (Å²) in [4.78, 5) is 33.4. The van der Waals surface area contributed by atoms with Crippen molar-refractivity contribution in [2.75, 3.05) is 11.9 Å². The van der Waals surface area contributed by atoms with Crippen LogP contribution in [0.25, 0.3) is 0 Å². The summed E-state index contributed by atoms with van der Waals surface area (Å²) >= 11 is 0. The second-order valence-corrected chi connectivity index (χ2v) is 6.07. The second-order valence-electron chi connectivity index (χ2n) is 6.07. The summed E-state index contributed by atoms with van der Waals surface area (Å²) in [6.07, 6.45) is 4.17. The third kappa shape index (κ3) is 5.06. The van der Waals surface area contributed by atoms with Crippen LogP contribution in [0.4, 0.5) is 5.69 Å². The van der Waals surface area contributed by atoms with Gasteiger partial charge in [-0.25, -0.2) is 5.84 Å². The fourth-order valence-electron chi connectivity index (χ4n) is 2.99. The molecule has 130 valence electrons. The highest BCUT2D eigenvalue weighted by Gasteiger charge is 2.23. The van der Waals surface area contributed by atoms with Crippen LogP contribution in [0.3, 0.4) is 0 Å². The smallest absolute Gasteiger partial charge is 0.323 e. The Hall–Kier alpha value is -2.41. The Morgan fingerprint density at radius 1 is 1.08 bits per heavy atom. The SMILES string of the molecule is CC(=O)OC[C@H]1CC[C@H](c2ccc(NC(=O)C(=O)NN)cc2)CC1. The number of hydrogen-bond acceptors (Lipinski definition) is 5. The zero-order valence-corrected chi connectivity index (χ0v) is 13.7. The van der Waals surface area contributed by atoms with Crippen LogP contribution in [0, 0.1) is 5.92 Å². The molecule has 0 spiro atoms. The first-order valence-electron chi connectivity index (χ1n) is 8.05. The lowest BCUT2D eigenvalue weighted by Gasteiger charge is -2.28. The second kappa shape index (κ2) is 8.44. The average molecular weight is 333 g/mol. The topological polar surface area (TPSA) is 111 Å². The lowest BCUT2D eigenvalue weighted by molar-refractivity contribution is -0.142. The van der Waals surface area contributed by atoms with Crippen molar-refractivity contribution in [3.05, 3.63) is 29.8 Å². The zero-order chi connectivity index (χ0) is 17.5. The van der Waals surface area contributed by atoms with Crippen LogP contribution < -0.4 is 16.6 Å². The average Bonchev–Trinajstić information content (AvgIpc) is 2.60. The number of carbonyl (C=O) groups excluding carboxylic acids is 3. The predicted molar refractivity (Wildman–Crippen MR) is 88.7 cm³/mol. The summed E-state index contributed by atoms with van der Waals surface area (Å²) in [5.41, 5.74) is 3.55. The normalized spacial score (nSPS) is 20.1. The van der Waals surface area contributed by atoms with Crippen molar-refractivity contribution >= 4 is 23.5 Å². The largest absolute Gasteiger partial charge is 0.466 e. The first kappa shape index (κ1) is 17.9. The lowest BCUT2D eigenvalue weighted by Crippen LogP contribution is -2.39. The summed E-state index contributed by atoms with van der Waals surface area (Å²) in [5, 5.41) is 2.48. The monoisotopic (exact) mass is 333 g/mol. The molecule has 1 fully saturated rings. The number of hydrogen-bond donors (Lipinski definition) is 3. The third-order valence-electron chi connectivity index (χ3n) is 4.35. The molecule has 1 aromatic rings. The number of carbonyl (C=O) groups is 3. The maximum Gasteiger partial charge on any atom is 0.323 e. The van der Waals surface area contributed by atoms with E-state index in [1.54, 1.807) is 17.6 Å². The number of ether oxygens (including phenoxy) is 1. The van der Waals surface area contributed by atoms with Gasteiger partial charge in [0.15, 0.2) is 0 Å². The van der Waals surface area contributed by atoms with Gasteiger partial charge in [0, 0.05) is 12.6 Å². The zero-order valence-electron chi connectivity index (χ0n) is 13.7. The van der Waals surface area contributed by atoms with Crippen molar-refractivity contribution in [2.45, 2.75) is 38.5 Å². The molecule has 2 amide bonds. The number of esters is 1. The molecule has 0 saturated heterocycles. The third-order valence-corrected chi connectivity index (χ3v) is 4.35. The van der Waals surface area contributed by atoms with E-state index in [0.717, 1.165) is 25.7 Å². The maximum absolute atomic E-state index is 11.4. The van der Waals surface area contributed by atoms with Gasteiger partial charge >= 0.3 is 17.8 Å². The molecule has 0 aliphatic heterocycles. The maximum atomic E-state index is 11.4. The molecular weight excluding hydrogens is 310 g/mol. The van der Waals surface area contributed by atoms with E-state index in [1.165, 1.54) is 12.5 Å². The Labute approximate surface area is 140 Å². The number of amides is 2. The van der Waals surface area contributed by atoms with E-state index < -0.39 is 11.8 Å². The van der Waals surface area contributed by atoms with Crippen molar-refractivity contribution in [2.24, 2.45) is 11.8 Å². The first-order chi connectivity index (χ1) is 11.5. The molecule has 1 saturated carbocycles. The molecule has 1 aliphatic carbocycles. The van der Waals surface area contributed by atoms with Crippen LogP contribution in [0.15, 0.2) is 24.3 Å². The Morgan fingerprint density at radius 3 is 2.25 bits per heavy atom. The van der Waals surface area contributed by atoms with Gasteiger partial charge in [0.1, 0.15) is 0 Å². The van der Waals surface area contributed by atoms with Gasteiger partial charge in [0.2, 0.25) is 0 Å². The van der Waals surface area contributed by atoms with E-state index in [9.17, 15) is 14.4 Å². The summed E-state index contributed by atoms with van der Waals surface area (Å²) in [5.74, 6) is 3.92. The summed E-state index contributed by atoms with van der Waals surface area (Å²) in [6, 6.07) is 7.49. The van der Waals surface area contributed by atoms with Gasteiger partial charge in [-0.05, 0) is 55.2 Å². The number of nitrogens with two attached hydrogens (primary N) is 1. The minimum atomic E-state index is -0.884. The van der Waals surface area contributed by atoms with Gasteiger partial charge in [-0.1, -0.05) is 12.1 Å². The molecule has 1 aromatic carbocycles. The number of anilines is 1. The molecule has 0 aromatic heterocycles. The predicted octanol–water partition coefficient (Wildman–Crippen LogP) is 1.45. The molecule has 24 heavy (non-hydrogen) atoms. The Kier molecular flexibility index (Phi) is 6.31. The van der Waals surface area contributed by atoms with Gasteiger partial charge in [-0.15, -0.1) is 0 Å². The number of benzene rings is 1. The highest BCUT2D eigenvalue weighted by molar-refractivity contribution is 6.39. The Morgan fingerprint density at radius 2 is 1.71 bits per heavy atom. The molecule has 7 heteroatoms. The van der Waals surface area contributed by atoms with E-state index in [1.807, 2.05) is 12.1 Å². The minimum Gasteiger partial charge on any atom is -0.466 e. The quantitative estimate of drug-likeness (QED) is 0.254. The molecule has 0 unspecified atom stereocenters. The van der Waals surface area contributed by atoms with Crippen molar-refractivity contribution in [1.29, 1.82) is 0 Å². The van der Waals surface area contributed by atoms with E-state index >= 15 is 0 Å². The van der Waals surface area contributed by atoms with Gasteiger partial charge in [0.05, 0.1) is 6.61 Å². The van der Waals surface area contributed by atoms with Crippen LogP contribution in [0.2, 0.25) is 0 Å². The van der Waals surface area contributed by atoms with E-state index in [-0.39, 0.29) is 5.97 Å². The van der Waals surface area contributed by atoms with Crippen LogP contribution in [-0.2, 0) is 19.1 Å². The minimum absolute atomic E-state index is 0.224. The highest BCUT2D eigenvalue weighted by Crippen LogP contribution is 2.36. The molecule has 0 heterocycles. The van der Waals surface area contributed by atoms with Crippen LogP contribution in [0.1, 0.15) is 44.1 Å². The first-order valence-corrected chi connectivity index (χ1v) is 8.05. The van der Waals surface area contributed by atoms with Gasteiger partial charge in [0.25, 0.3) is 0 Å². The molecule has 7 nitrogen and oxygen atoms in total. The fraction of sp³-hybridized carbons (Fsp3) is 0.471. The highest BCUT2D eigenvalue weighted by atomic mass is 16.5. The molecule has 2 rings (SSSR count). The van der Waals surface area contributed by atoms with Crippen molar-refractivity contribution < 1.29 is 19.1 Å². The van der Waals surface area contributed by atoms with Gasteiger partial charge < -0.3 is 10.1 Å². The number of hydrazine groups is 1. The van der Waals surface area contributed by atoms with Crippen LogP contribution in [-0.4, -0.2) is 24.4 Å². The summed E-state index contributed by atoms with van der Waals surface area (Å²) in [6.45, 7) is 1.94. The van der Waals surface area contributed by atoms with Crippen molar-refractivity contribution in [3.63, 3.8) is 0 Å². The van der Waals surface area contributed by atoms with E-state index in [4.69, 9.17) is 10.6 Å². The van der Waals surface area contributed by atoms with Gasteiger partial charge in [-0.3, -0.25) is 19.8 Å². The Bertz CT molecular complexity index is 592. The van der Waals surface area contributed by atoms with E-state index in [0.29, 0.717) is 24.1 Å². The molecule has 0 bridgehead atoms. The molecule has 1 aliphatic rings. The molecule has 0 atom stereocenters. The summed E-state index contributed by atoms with van der Waals surface area (Å²) < 4.78 is 5.08.